The lowest BCUT2D eigenvalue weighted by Gasteiger charge is -2.24. The Balaban J connectivity index is 1.54. The molecule has 0 fully saturated rings. The van der Waals surface area contributed by atoms with Crippen molar-refractivity contribution < 1.29 is 18.7 Å². The Morgan fingerprint density at radius 1 is 1.13 bits per heavy atom. The number of aromatic nitrogens is 1. The molecule has 0 radical (unpaired) electrons. The summed E-state index contributed by atoms with van der Waals surface area (Å²) in [7, 11) is 0. The highest BCUT2D eigenvalue weighted by Crippen LogP contribution is 2.30. The van der Waals surface area contributed by atoms with Gasteiger partial charge < -0.3 is 9.47 Å². The lowest BCUT2D eigenvalue weighted by atomic mass is 9.96. The van der Waals surface area contributed by atoms with Crippen molar-refractivity contribution in [3.63, 3.8) is 0 Å². The highest BCUT2D eigenvalue weighted by molar-refractivity contribution is 7.07. The van der Waals surface area contributed by atoms with E-state index in [0.29, 0.717) is 38.0 Å². The third-order valence-corrected chi connectivity index (χ3v) is 7.37. The molecule has 198 valence electrons. The minimum atomic E-state index is -0.796. The van der Waals surface area contributed by atoms with E-state index in [1.54, 1.807) is 38.1 Å². The van der Waals surface area contributed by atoms with Gasteiger partial charge in [-0.25, -0.2) is 14.2 Å². The van der Waals surface area contributed by atoms with E-state index in [1.165, 1.54) is 28.0 Å². The van der Waals surface area contributed by atoms with Crippen LogP contribution in [-0.4, -0.2) is 17.1 Å². The number of carbonyl (C=O) groups excluding carboxylic acids is 1. The van der Waals surface area contributed by atoms with Crippen LogP contribution >= 0.6 is 22.9 Å². The number of halogens is 2. The molecule has 4 aromatic rings. The number of benzene rings is 3. The second kappa shape index (κ2) is 11.4. The number of carbonyl (C=O) groups is 1. The molecule has 2 heterocycles. The molecule has 9 heteroatoms. The van der Waals surface area contributed by atoms with Crippen LogP contribution in [-0.2, 0) is 16.1 Å². The molecule has 1 aliphatic heterocycles. The van der Waals surface area contributed by atoms with Crippen LogP contribution in [0.25, 0.3) is 6.08 Å². The van der Waals surface area contributed by atoms with Crippen molar-refractivity contribution in [2.24, 2.45) is 4.99 Å². The molecular formula is C30H24ClFN2O4S. The van der Waals surface area contributed by atoms with E-state index < -0.39 is 17.8 Å². The molecule has 0 N–H and O–H groups in total. The molecule has 0 amide bonds. The molecule has 6 nitrogen and oxygen atoms in total. The molecule has 3 aromatic carbocycles. The summed E-state index contributed by atoms with van der Waals surface area (Å²) >= 11 is 7.28. The number of hydrogen-bond donors (Lipinski definition) is 0. The van der Waals surface area contributed by atoms with E-state index in [2.05, 4.69) is 4.99 Å². The SMILES string of the molecule is CCOC(=O)C1=C(C)N=c2s/c(=C\c3cccc(OCc4cccc(Cl)c4)c3)c(=O)n2[C@@H]1c1ccc(F)cc1. The summed E-state index contributed by atoms with van der Waals surface area (Å²) in [6.45, 7) is 3.94. The summed E-state index contributed by atoms with van der Waals surface area (Å²) in [5, 5.41) is 0.639. The van der Waals surface area contributed by atoms with Gasteiger partial charge in [-0.2, -0.15) is 0 Å². The average molecular weight is 563 g/mol. The molecule has 0 bridgehead atoms. The molecular weight excluding hydrogens is 539 g/mol. The Kier molecular flexibility index (Phi) is 7.77. The van der Waals surface area contributed by atoms with E-state index in [-0.39, 0.29) is 17.7 Å². The van der Waals surface area contributed by atoms with Gasteiger partial charge in [-0.15, -0.1) is 0 Å². The third-order valence-electron chi connectivity index (χ3n) is 6.15. The first-order chi connectivity index (χ1) is 18.8. The van der Waals surface area contributed by atoms with Gasteiger partial charge in [0.15, 0.2) is 4.80 Å². The maximum absolute atomic E-state index is 13.7. The average Bonchev–Trinajstić information content (AvgIpc) is 3.21. The first-order valence-electron chi connectivity index (χ1n) is 12.3. The van der Waals surface area contributed by atoms with Crippen LogP contribution in [0.3, 0.4) is 0 Å². The standard InChI is InChI=1S/C30H24ClFN2O4S/c1-3-37-29(36)26-18(2)33-30-34(27(26)21-10-12-23(32)13-11-21)28(35)25(39-30)16-19-6-5-9-24(15-19)38-17-20-7-4-8-22(31)14-20/h4-16,27H,3,17H2,1-2H3/b25-16-/t27-/m1/s1. The number of fused-ring (bicyclic) bond motifs is 1. The fraction of sp³-hybridized carbons (Fsp3) is 0.167. The number of nitrogens with zero attached hydrogens (tertiary/aromatic N) is 2. The van der Waals surface area contributed by atoms with Gasteiger partial charge >= 0.3 is 5.97 Å². The van der Waals surface area contributed by atoms with Gasteiger partial charge in [0.2, 0.25) is 0 Å². The molecule has 5 rings (SSSR count). The molecule has 0 saturated heterocycles. The molecule has 0 unspecified atom stereocenters. The third kappa shape index (κ3) is 5.72. The minimum absolute atomic E-state index is 0.173. The van der Waals surface area contributed by atoms with Crippen molar-refractivity contribution in [3.05, 3.63) is 131 Å². The Bertz CT molecular complexity index is 1760. The maximum atomic E-state index is 13.7. The first-order valence-corrected chi connectivity index (χ1v) is 13.5. The fourth-order valence-corrected chi connectivity index (χ4v) is 5.65. The van der Waals surface area contributed by atoms with Crippen LogP contribution in [0.2, 0.25) is 5.02 Å². The Hall–Kier alpha value is -4.01. The zero-order chi connectivity index (χ0) is 27.5. The lowest BCUT2D eigenvalue weighted by Crippen LogP contribution is -2.39. The molecule has 39 heavy (non-hydrogen) atoms. The predicted molar refractivity (Wildman–Crippen MR) is 149 cm³/mol. The van der Waals surface area contributed by atoms with Crippen LogP contribution in [0.4, 0.5) is 4.39 Å². The summed E-state index contributed by atoms with van der Waals surface area (Å²) in [6.07, 6.45) is 1.77. The predicted octanol–water partition coefficient (Wildman–Crippen LogP) is 5.17. The van der Waals surface area contributed by atoms with E-state index in [1.807, 2.05) is 42.5 Å². The van der Waals surface area contributed by atoms with E-state index >= 15 is 0 Å². The first kappa shape index (κ1) is 26.6. The van der Waals surface area contributed by atoms with Gasteiger partial charge in [-0.1, -0.05) is 59.3 Å². The number of esters is 1. The van der Waals surface area contributed by atoms with Gasteiger partial charge in [-0.3, -0.25) is 9.36 Å². The normalized spacial score (nSPS) is 15.1. The minimum Gasteiger partial charge on any atom is -0.489 e. The number of hydrogen-bond acceptors (Lipinski definition) is 6. The Labute approximate surface area is 232 Å². The molecule has 1 aliphatic rings. The molecule has 0 aliphatic carbocycles. The number of thiazole rings is 1. The van der Waals surface area contributed by atoms with Gasteiger partial charge in [0, 0.05) is 5.02 Å². The zero-order valence-electron chi connectivity index (χ0n) is 21.2. The smallest absolute Gasteiger partial charge is 0.338 e. The van der Waals surface area contributed by atoms with E-state index in [0.717, 1.165) is 11.1 Å². The number of allylic oxidation sites excluding steroid dienone is 1. The second-order valence-corrected chi connectivity index (χ2v) is 10.3. The van der Waals surface area contributed by atoms with Crippen LogP contribution < -0.4 is 19.6 Å². The highest BCUT2D eigenvalue weighted by atomic mass is 35.5. The van der Waals surface area contributed by atoms with Crippen molar-refractivity contribution in [2.45, 2.75) is 26.5 Å². The molecule has 1 atom stereocenters. The van der Waals surface area contributed by atoms with Crippen LogP contribution in [0.5, 0.6) is 5.75 Å². The summed E-state index contributed by atoms with van der Waals surface area (Å²) < 4.78 is 26.9. The molecule has 0 spiro atoms. The topological polar surface area (TPSA) is 69.9 Å². The number of ether oxygens (including phenoxy) is 2. The Morgan fingerprint density at radius 3 is 2.64 bits per heavy atom. The van der Waals surface area contributed by atoms with Crippen molar-refractivity contribution in [1.29, 1.82) is 0 Å². The number of rotatable bonds is 7. The largest absolute Gasteiger partial charge is 0.489 e. The van der Waals surface area contributed by atoms with Crippen LogP contribution in [0, 0.1) is 5.82 Å². The highest BCUT2D eigenvalue weighted by Gasteiger charge is 2.33. The Morgan fingerprint density at radius 2 is 1.90 bits per heavy atom. The van der Waals surface area contributed by atoms with Crippen molar-refractivity contribution in [3.8, 4) is 5.75 Å². The summed E-state index contributed by atoms with van der Waals surface area (Å²) in [5.74, 6) is -0.338. The van der Waals surface area contributed by atoms with Gasteiger partial charge in [0.1, 0.15) is 18.2 Å². The zero-order valence-corrected chi connectivity index (χ0v) is 22.8. The van der Waals surface area contributed by atoms with Crippen molar-refractivity contribution in [1.82, 2.24) is 4.57 Å². The molecule has 1 aromatic heterocycles. The maximum Gasteiger partial charge on any atom is 0.338 e. The van der Waals surface area contributed by atoms with Crippen molar-refractivity contribution in [2.75, 3.05) is 6.61 Å². The quantitative estimate of drug-likeness (QED) is 0.291. The van der Waals surface area contributed by atoms with E-state index in [4.69, 9.17) is 21.1 Å². The van der Waals surface area contributed by atoms with Gasteiger partial charge in [0.05, 0.1) is 28.5 Å². The van der Waals surface area contributed by atoms with E-state index in [9.17, 15) is 14.0 Å². The second-order valence-electron chi connectivity index (χ2n) is 8.84. The monoisotopic (exact) mass is 562 g/mol. The fourth-order valence-electron chi connectivity index (χ4n) is 4.39. The van der Waals surface area contributed by atoms with Crippen LogP contribution in [0.1, 0.15) is 36.6 Å². The van der Waals surface area contributed by atoms with Gasteiger partial charge in [-0.05, 0) is 73.0 Å². The lowest BCUT2D eigenvalue weighted by molar-refractivity contribution is -0.139. The summed E-state index contributed by atoms with van der Waals surface area (Å²) in [4.78, 5) is 31.7. The summed E-state index contributed by atoms with van der Waals surface area (Å²) in [5.41, 5.74) is 2.68. The van der Waals surface area contributed by atoms with Crippen molar-refractivity contribution >= 4 is 35.0 Å². The van der Waals surface area contributed by atoms with Crippen LogP contribution in [0.15, 0.2) is 93.9 Å². The molecule has 0 saturated carbocycles. The summed E-state index contributed by atoms with van der Waals surface area (Å²) in [6, 6.07) is 19.8. The van der Waals surface area contributed by atoms with Gasteiger partial charge in [0.25, 0.3) is 5.56 Å².